The second kappa shape index (κ2) is 8.31. The molecule has 3 aromatic rings. The summed E-state index contributed by atoms with van der Waals surface area (Å²) >= 11 is 0. The van der Waals surface area contributed by atoms with Crippen molar-refractivity contribution in [1.29, 1.82) is 0 Å². The lowest BCUT2D eigenvalue weighted by atomic mass is 10.1. The van der Waals surface area contributed by atoms with Crippen LogP contribution in [0.2, 0.25) is 0 Å². The Kier molecular flexibility index (Phi) is 5.82. The number of para-hydroxylation sites is 1. The zero-order valence-corrected chi connectivity index (χ0v) is 17.2. The van der Waals surface area contributed by atoms with Gasteiger partial charge >= 0.3 is 0 Å². The maximum Gasteiger partial charge on any atom is 0.255 e. The molecule has 0 fully saturated rings. The number of hydrogen-bond donors (Lipinski definition) is 2. The molecule has 0 spiro atoms. The summed E-state index contributed by atoms with van der Waals surface area (Å²) in [5.74, 6) is -0.578. The van der Waals surface area contributed by atoms with E-state index in [1.807, 2.05) is 82.3 Å². The molecule has 0 saturated carbocycles. The molecule has 29 heavy (non-hydrogen) atoms. The van der Waals surface area contributed by atoms with Crippen molar-refractivity contribution in [3.05, 3.63) is 71.9 Å². The van der Waals surface area contributed by atoms with Gasteiger partial charge in [0.15, 0.2) is 0 Å². The van der Waals surface area contributed by atoms with Gasteiger partial charge in [-0.15, -0.1) is 0 Å². The van der Waals surface area contributed by atoms with E-state index in [0.29, 0.717) is 11.3 Å². The zero-order chi connectivity index (χ0) is 21.0. The number of nitrogens with zero attached hydrogens (tertiary/aromatic N) is 2. The molecule has 3 rings (SSSR count). The van der Waals surface area contributed by atoms with Crippen molar-refractivity contribution in [3.8, 4) is 16.9 Å². The Morgan fingerprint density at radius 1 is 1.03 bits per heavy atom. The topological polar surface area (TPSA) is 76.0 Å². The summed E-state index contributed by atoms with van der Waals surface area (Å²) in [5, 5.41) is 10.2. The van der Waals surface area contributed by atoms with Crippen LogP contribution in [0.15, 0.2) is 60.8 Å². The minimum Gasteiger partial charge on any atom is -0.350 e. The van der Waals surface area contributed by atoms with Gasteiger partial charge < -0.3 is 10.6 Å². The zero-order valence-electron chi connectivity index (χ0n) is 17.2. The van der Waals surface area contributed by atoms with E-state index in [1.165, 1.54) is 0 Å². The first-order valence-electron chi connectivity index (χ1n) is 9.54. The van der Waals surface area contributed by atoms with E-state index in [9.17, 15) is 9.59 Å². The molecule has 2 aromatic carbocycles. The van der Waals surface area contributed by atoms with Crippen molar-refractivity contribution in [2.45, 2.75) is 33.2 Å². The predicted molar refractivity (Wildman–Crippen MR) is 114 cm³/mol. The third kappa shape index (κ3) is 5.31. The Hall–Kier alpha value is -3.41. The molecule has 0 unspecified atom stereocenters. The quantitative estimate of drug-likeness (QED) is 0.700. The van der Waals surface area contributed by atoms with Gasteiger partial charge in [0, 0.05) is 17.3 Å². The molecule has 0 atom stereocenters. The number of nitrogens with one attached hydrogen (secondary N) is 2. The van der Waals surface area contributed by atoms with Gasteiger partial charge in [0.2, 0.25) is 5.91 Å². The Bertz CT molecular complexity index is 1020. The number of carbonyl (C=O) groups excluding carboxylic acids is 2. The molecule has 0 bridgehead atoms. The predicted octanol–water partition coefficient (Wildman–Crippen LogP) is 3.49. The Morgan fingerprint density at radius 2 is 1.76 bits per heavy atom. The van der Waals surface area contributed by atoms with E-state index < -0.39 is 0 Å². The highest BCUT2D eigenvalue weighted by atomic mass is 16.2. The summed E-state index contributed by atoms with van der Waals surface area (Å²) in [7, 11) is 0. The molecule has 6 heteroatoms. The smallest absolute Gasteiger partial charge is 0.255 e. The summed E-state index contributed by atoms with van der Waals surface area (Å²) in [6.45, 7) is 7.58. The summed E-state index contributed by atoms with van der Waals surface area (Å²) in [4.78, 5) is 25.0. The minimum atomic E-state index is -0.354. The van der Waals surface area contributed by atoms with E-state index >= 15 is 0 Å². The standard InChI is InChI=1S/C23H26N4O2/c1-16-9-8-10-17(13-16)21-19(15-27(26-21)18-11-6-5-7-12-18)22(29)24-14-20(28)25-23(2,3)4/h5-13,15H,14H2,1-4H3,(H,24,29)(H,25,28). The van der Waals surface area contributed by atoms with E-state index in [2.05, 4.69) is 15.7 Å². The fourth-order valence-electron chi connectivity index (χ4n) is 2.98. The van der Waals surface area contributed by atoms with Crippen LogP contribution in [-0.4, -0.2) is 33.7 Å². The van der Waals surface area contributed by atoms with Crippen molar-refractivity contribution >= 4 is 11.8 Å². The molecule has 0 aliphatic carbocycles. The number of hydrogen-bond acceptors (Lipinski definition) is 3. The van der Waals surface area contributed by atoms with Crippen LogP contribution in [0.4, 0.5) is 0 Å². The summed E-state index contributed by atoms with van der Waals surface area (Å²) in [6.07, 6.45) is 1.70. The number of aromatic nitrogens is 2. The van der Waals surface area contributed by atoms with E-state index in [0.717, 1.165) is 16.8 Å². The van der Waals surface area contributed by atoms with Crippen molar-refractivity contribution in [1.82, 2.24) is 20.4 Å². The van der Waals surface area contributed by atoms with E-state index in [4.69, 9.17) is 0 Å². The molecule has 6 nitrogen and oxygen atoms in total. The first-order valence-corrected chi connectivity index (χ1v) is 9.54. The lowest BCUT2D eigenvalue weighted by Crippen LogP contribution is -2.45. The second-order valence-electron chi connectivity index (χ2n) is 8.02. The molecule has 1 aromatic heterocycles. The Balaban J connectivity index is 1.91. The second-order valence-corrected chi connectivity index (χ2v) is 8.02. The van der Waals surface area contributed by atoms with Crippen LogP contribution in [0.3, 0.4) is 0 Å². The van der Waals surface area contributed by atoms with Crippen LogP contribution >= 0.6 is 0 Å². The van der Waals surface area contributed by atoms with Gasteiger partial charge in [-0.25, -0.2) is 4.68 Å². The average molecular weight is 390 g/mol. The van der Waals surface area contributed by atoms with Gasteiger partial charge in [-0.3, -0.25) is 9.59 Å². The highest BCUT2D eigenvalue weighted by Gasteiger charge is 2.20. The van der Waals surface area contributed by atoms with Crippen molar-refractivity contribution in [3.63, 3.8) is 0 Å². The molecule has 0 aliphatic rings. The molecule has 2 N–H and O–H groups in total. The van der Waals surface area contributed by atoms with Crippen LogP contribution in [0.25, 0.3) is 16.9 Å². The number of aryl methyl sites for hydroxylation is 1. The van der Waals surface area contributed by atoms with Gasteiger partial charge in [-0.2, -0.15) is 5.10 Å². The highest BCUT2D eigenvalue weighted by Crippen LogP contribution is 2.24. The molecule has 0 saturated heterocycles. The first kappa shape index (κ1) is 20.3. The minimum absolute atomic E-state index is 0.0973. The SMILES string of the molecule is Cc1cccc(-c2nn(-c3ccccc3)cc2C(=O)NCC(=O)NC(C)(C)C)c1. The van der Waals surface area contributed by atoms with Crippen LogP contribution in [0.1, 0.15) is 36.7 Å². The van der Waals surface area contributed by atoms with Crippen LogP contribution in [-0.2, 0) is 4.79 Å². The molecule has 2 amide bonds. The van der Waals surface area contributed by atoms with Crippen LogP contribution in [0, 0.1) is 6.92 Å². The number of rotatable bonds is 5. The number of amides is 2. The normalized spacial score (nSPS) is 11.2. The third-order valence-corrected chi connectivity index (χ3v) is 4.20. The van der Waals surface area contributed by atoms with Crippen molar-refractivity contribution in [2.24, 2.45) is 0 Å². The lowest BCUT2D eigenvalue weighted by Gasteiger charge is -2.20. The van der Waals surface area contributed by atoms with Gasteiger partial charge in [0.1, 0.15) is 5.69 Å². The van der Waals surface area contributed by atoms with Gasteiger partial charge in [-0.1, -0.05) is 42.0 Å². The Labute approximate surface area is 170 Å². The van der Waals surface area contributed by atoms with Crippen LogP contribution < -0.4 is 10.6 Å². The third-order valence-electron chi connectivity index (χ3n) is 4.20. The molecule has 1 heterocycles. The van der Waals surface area contributed by atoms with Gasteiger partial charge in [0.25, 0.3) is 5.91 Å². The molecular formula is C23H26N4O2. The summed E-state index contributed by atoms with van der Waals surface area (Å²) < 4.78 is 1.68. The van der Waals surface area contributed by atoms with Gasteiger partial charge in [0.05, 0.1) is 17.8 Å². The number of benzene rings is 2. The fourth-order valence-corrected chi connectivity index (χ4v) is 2.98. The molecular weight excluding hydrogens is 364 g/mol. The monoisotopic (exact) mass is 390 g/mol. The molecule has 0 radical (unpaired) electrons. The van der Waals surface area contributed by atoms with Crippen LogP contribution in [0.5, 0.6) is 0 Å². The van der Waals surface area contributed by atoms with Crippen molar-refractivity contribution < 1.29 is 9.59 Å². The van der Waals surface area contributed by atoms with E-state index in [1.54, 1.807) is 10.9 Å². The maximum absolute atomic E-state index is 12.9. The first-order chi connectivity index (χ1) is 13.7. The van der Waals surface area contributed by atoms with E-state index in [-0.39, 0.29) is 23.9 Å². The maximum atomic E-state index is 12.9. The lowest BCUT2D eigenvalue weighted by molar-refractivity contribution is -0.121. The van der Waals surface area contributed by atoms with Gasteiger partial charge in [-0.05, 0) is 45.9 Å². The summed E-state index contributed by atoms with van der Waals surface area (Å²) in [6, 6.07) is 17.4. The highest BCUT2D eigenvalue weighted by molar-refractivity contribution is 6.01. The average Bonchev–Trinajstić information content (AvgIpc) is 3.11. The molecule has 150 valence electrons. The fraction of sp³-hybridized carbons (Fsp3) is 0.261. The number of carbonyl (C=O) groups is 2. The Morgan fingerprint density at radius 3 is 2.41 bits per heavy atom. The molecule has 0 aliphatic heterocycles. The largest absolute Gasteiger partial charge is 0.350 e. The summed E-state index contributed by atoms with van der Waals surface area (Å²) in [5.41, 5.74) is 3.42. The van der Waals surface area contributed by atoms with Crippen molar-refractivity contribution in [2.75, 3.05) is 6.54 Å².